The largest absolute Gasteiger partial charge is 0.361 e. The summed E-state index contributed by atoms with van der Waals surface area (Å²) < 4.78 is 0. The SMILES string of the molecule is O=C(CN1CCCSc2ccccc21)Nc1cccc(Cl)c1Cl. The minimum atomic E-state index is -0.101. The number of nitrogens with zero attached hydrogens (tertiary/aromatic N) is 1. The number of hydrogen-bond acceptors (Lipinski definition) is 3. The molecule has 1 amide bonds. The van der Waals surface area contributed by atoms with E-state index in [2.05, 4.69) is 22.3 Å². The first-order chi connectivity index (χ1) is 11.1. The fourth-order valence-corrected chi connectivity index (χ4v) is 3.89. The van der Waals surface area contributed by atoms with Crippen molar-refractivity contribution in [3.63, 3.8) is 0 Å². The Labute approximate surface area is 150 Å². The highest BCUT2D eigenvalue weighted by atomic mass is 35.5. The van der Waals surface area contributed by atoms with E-state index in [1.54, 1.807) is 18.2 Å². The van der Waals surface area contributed by atoms with E-state index in [1.165, 1.54) is 4.90 Å². The molecule has 2 aromatic carbocycles. The number of para-hydroxylation sites is 1. The average Bonchev–Trinajstić information content (AvgIpc) is 2.75. The van der Waals surface area contributed by atoms with Gasteiger partial charge in [-0.05, 0) is 36.4 Å². The van der Waals surface area contributed by atoms with E-state index in [0.717, 1.165) is 24.4 Å². The van der Waals surface area contributed by atoms with Crippen LogP contribution in [-0.2, 0) is 4.79 Å². The van der Waals surface area contributed by atoms with Crippen LogP contribution in [0.3, 0.4) is 0 Å². The molecule has 0 bridgehead atoms. The summed E-state index contributed by atoms with van der Waals surface area (Å²) in [4.78, 5) is 15.7. The zero-order valence-electron chi connectivity index (χ0n) is 12.4. The van der Waals surface area contributed by atoms with Gasteiger partial charge in [0, 0.05) is 11.4 Å². The van der Waals surface area contributed by atoms with Crippen LogP contribution in [0.2, 0.25) is 10.0 Å². The Morgan fingerprint density at radius 2 is 2.00 bits per heavy atom. The summed E-state index contributed by atoms with van der Waals surface area (Å²) >= 11 is 13.9. The first-order valence-electron chi connectivity index (χ1n) is 7.36. The molecule has 0 atom stereocenters. The van der Waals surface area contributed by atoms with Gasteiger partial charge in [-0.1, -0.05) is 41.4 Å². The number of benzene rings is 2. The topological polar surface area (TPSA) is 32.3 Å². The van der Waals surface area contributed by atoms with Crippen LogP contribution in [0.1, 0.15) is 6.42 Å². The second-order valence-corrected chi connectivity index (χ2v) is 7.16. The van der Waals surface area contributed by atoms with E-state index in [-0.39, 0.29) is 5.91 Å². The van der Waals surface area contributed by atoms with Crippen molar-refractivity contribution < 1.29 is 4.79 Å². The van der Waals surface area contributed by atoms with E-state index >= 15 is 0 Å². The number of nitrogens with one attached hydrogen (secondary N) is 1. The van der Waals surface area contributed by atoms with E-state index < -0.39 is 0 Å². The minimum absolute atomic E-state index is 0.101. The number of amides is 1. The van der Waals surface area contributed by atoms with Gasteiger partial charge in [0.2, 0.25) is 5.91 Å². The molecule has 0 saturated heterocycles. The maximum atomic E-state index is 12.4. The van der Waals surface area contributed by atoms with E-state index in [0.29, 0.717) is 22.3 Å². The standard InChI is InChI=1S/C17H16Cl2N2OS/c18-12-5-3-6-13(17(12)19)20-16(22)11-21-9-4-10-23-15-8-2-1-7-14(15)21/h1-3,5-8H,4,9-11H2,(H,20,22). The van der Waals surface area contributed by atoms with E-state index in [1.807, 2.05) is 23.9 Å². The zero-order valence-corrected chi connectivity index (χ0v) is 14.7. The number of hydrogen-bond donors (Lipinski definition) is 1. The number of rotatable bonds is 3. The number of anilines is 2. The summed E-state index contributed by atoms with van der Waals surface area (Å²) in [5.74, 6) is 0.964. The highest BCUT2D eigenvalue weighted by Crippen LogP contribution is 2.33. The molecule has 1 aliphatic heterocycles. The summed E-state index contributed by atoms with van der Waals surface area (Å²) in [5.41, 5.74) is 1.66. The molecule has 0 fully saturated rings. The Morgan fingerprint density at radius 1 is 1.17 bits per heavy atom. The molecule has 0 aromatic heterocycles. The molecule has 6 heteroatoms. The summed E-state index contributed by atoms with van der Waals surface area (Å²) in [6.07, 6.45) is 1.05. The molecular weight excluding hydrogens is 351 g/mol. The summed E-state index contributed by atoms with van der Waals surface area (Å²) in [5, 5.41) is 3.65. The van der Waals surface area contributed by atoms with Crippen LogP contribution in [0.5, 0.6) is 0 Å². The third-order valence-corrected chi connectivity index (χ3v) is 5.56. The van der Waals surface area contributed by atoms with Gasteiger partial charge in [0.15, 0.2) is 0 Å². The first kappa shape index (κ1) is 16.5. The Balaban J connectivity index is 1.74. The Kier molecular flexibility index (Phi) is 5.36. The zero-order chi connectivity index (χ0) is 16.2. The van der Waals surface area contributed by atoms with Crippen molar-refractivity contribution in [2.24, 2.45) is 0 Å². The van der Waals surface area contributed by atoms with Crippen LogP contribution in [-0.4, -0.2) is 24.7 Å². The molecule has 3 rings (SSSR count). The predicted octanol–water partition coefficient (Wildman–Crippen LogP) is 4.93. The van der Waals surface area contributed by atoms with Gasteiger partial charge < -0.3 is 10.2 Å². The number of carbonyl (C=O) groups is 1. The third-order valence-electron chi connectivity index (χ3n) is 3.60. The van der Waals surface area contributed by atoms with Gasteiger partial charge in [0.25, 0.3) is 0 Å². The van der Waals surface area contributed by atoms with Crippen LogP contribution < -0.4 is 10.2 Å². The molecular formula is C17H16Cl2N2OS. The number of halogens is 2. The molecule has 1 aliphatic rings. The molecule has 1 heterocycles. The monoisotopic (exact) mass is 366 g/mol. The second-order valence-electron chi connectivity index (χ2n) is 5.24. The van der Waals surface area contributed by atoms with Crippen molar-refractivity contribution in [2.75, 3.05) is 29.1 Å². The van der Waals surface area contributed by atoms with Crippen molar-refractivity contribution >= 4 is 52.2 Å². The smallest absolute Gasteiger partial charge is 0.243 e. The van der Waals surface area contributed by atoms with Crippen LogP contribution in [0.15, 0.2) is 47.4 Å². The third kappa shape index (κ3) is 3.94. The lowest BCUT2D eigenvalue weighted by Crippen LogP contribution is -2.34. The van der Waals surface area contributed by atoms with Gasteiger partial charge in [-0.25, -0.2) is 0 Å². The number of carbonyl (C=O) groups excluding carboxylic acids is 1. The van der Waals surface area contributed by atoms with Gasteiger partial charge in [-0.3, -0.25) is 4.79 Å². The van der Waals surface area contributed by atoms with Gasteiger partial charge in [-0.15, -0.1) is 11.8 Å². The van der Waals surface area contributed by atoms with Crippen molar-refractivity contribution in [2.45, 2.75) is 11.3 Å². The maximum Gasteiger partial charge on any atom is 0.243 e. The summed E-state index contributed by atoms with van der Waals surface area (Å²) in [7, 11) is 0. The van der Waals surface area contributed by atoms with Crippen LogP contribution >= 0.6 is 35.0 Å². The van der Waals surface area contributed by atoms with Crippen molar-refractivity contribution in [3.05, 3.63) is 52.5 Å². The quantitative estimate of drug-likeness (QED) is 0.835. The fraction of sp³-hybridized carbons (Fsp3) is 0.235. The summed E-state index contributed by atoms with van der Waals surface area (Å²) in [6, 6.07) is 13.4. The van der Waals surface area contributed by atoms with Gasteiger partial charge >= 0.3 is 0 Å². The lowest BCUT2D eigenvalue weighted by molar-refractivity contribution is -0.115. The number of fused-ring (bicyclic) bond motifs is 1. The normalized spacial score (nSPS) is 14.1. The molecule has 0 spiro atoms. The van der Waals surface area contributed by atoms with Gasteiger partial charge in [0.1, 0.15) is 0 Å². The van der Waals surface area contributed by atoms with Crippen molar-refractivity contribution in [1.29, 1.82) is 0 Å². The minimum Gasteiger partial charge on any atom is -0.361 e. The summed E-state index contributed by atoms with van der Waals surface area (Å²) in [6.45, 7) is 1.15. The van der Waals surface area contributed by atoms with E-state index in [9.17, 15) is 4.79 Å². The lowest BCUT2D eigenvalue weighted by atomic mass is 10.2. The van der Waals surface area contributed by atoms with Crippen molar-refractivity contribution in [1.82, 2.24) is 0 Å². The molecule has 0 unspecified atom stereocenters. The second kappa shape index (κ2) is 7.47. The molecule has 23 heavy (non-hydrogen) atoms. The molecule has 3 nitrogen and oxygen atoms in total. The average molecular weight is 367 g/mol. The van der Waals surface area contributed by atoms with Gasteiger partial charge in [0.05, 0.1) is 28.0 Å². The van der Waals surface area contributed by atoms with Crippen LogP contribution in [0.4, 0.5) is 11.4 Å². The highest BCUT2D eigenvalue weighted by Gasteiger charge is 2.18. The Morgan fingerprint density at radius 3 is 2.87 bits per heavy atom. The predicted molar refractivity (Wildman–Crippen MR) is 99.1 cm³/mol. The molecule has 0 aliphatic carbocycles. The van der Waals surface area contributed by atoms with Crippen LogP contribution in [0.25, 0.3) is 0 Å². The van der Waals surface area contributed by atoms with Crippen LogP contribution in [0, 0.1) is 0 Å². The fourth-order valence-electron chi connectivity index (χ4n) is 2.53. The number of thioether (sulfide) groups is 1. The van der Waals surface area contributed by atoms with Crippen molar-refractivity contribution in [3.8, 4) is 0 Å². The molecule has 0 saturated carbocycles. The molecule has 1 N–H and O–H groups in total. The highest BCUT2D eigenvalue weighted by molar-refractivity contribution is 7.99. The Bertz CT molecular complexity index is 723. The Hall–Kier alpha value is -1.36. The lowest BCUT2D eigenvalue weighted by Gasteiger charge is -2.24. The molecule has 120 valence electrons. The van der Waals surface area contributed by atoms with E-state index in [4.69, 9.17) is 23.2 Å². The first-order valence-corrected chi connectivity index (χ1v) is 9.10. The molecule has 2 aromatic rings. The maximum absolute atomic E-state index is 12.4. The molecule has 0 radical (unpaired) electrons. The van der Waals surface area contributed by atoms with Gasteiger partial charge in [-0.2, -0.15) is 0 Å².